The molecule has 1 saturated heterocycles. The molecular formula is C24H29ClF2N4O2. The van der Waals surface area contributed by atoms with Gasteiger partial charge in [0.1, 0.15) is 11.4 Å². The maximum absolute atomic E-state index is 14.4. The van der Waals surface area contributed by atoms with Crippen molar-refractivity contribution in [2.45, 2.75) is 44.8 Å². The van der Waals surface area contributed by atoms with Gasteiger partial charge in [-0.1, -0.05) is 48.0 Å². The van der Waals surface area contributed by atoms with Crippen LogP contribution >= 0.6 is 11.6 Å². The molecule has 0 saturated carbocycles. The minimum atomic E-state index is -3.08. The second-order valence-corrected chi connectivity index (χ2v) is 9.58. The standard InChI is InChI=1S/C24H29ClF2N4O2/c1-23(2,3)33-22(32)31-13-17(12-24(26,27)14-31)30-21(29)19-7-5-4-6-18(19)20(28)15-8-10-16(25)11-9-15/h4-11,17,30H,12-14,28-29H2,1-3H3/b20-18-,21-19+. The molecule has 1 atom stereocenters. The predicted octanol–water partition coefficient (Wildman–Crippen LogP) is 2.71. The van der Waals surface area contributed by atoms with Crippen LogP contribution in [0.15, 0.2) is 48.5 Å². The van der Waals surface area contributed by atoms with Crippen LogP contribution in [0.4, 0.5) is 13.6 Å². The van der Waals surface area contributed by atoms with E-state index in [1.54, 1.807) is 63.2 Å². The summed E-state index contributed by atoms with van der Waals surface area (Å²) < 4.78 is 34.2. The lowest BCUT2D eigenvalue weighted by Gasteiger charge is -2.38. The number of benzene rings is 2. The minimum Gasteiger partial charge on any atom is -0.444 e. The lowest BCUT2D eigenvalue weighted by molar-refractivity contribution is -0.0768. The molecule has 9 heteroatoms. The van der Waals surface area contributed by atoms with Crippen molar-refractivity contribution >= 4 is 29.2 Å². The van der Waals surface area contributed by atoms with Gasteiger partial charge in [0.2, 0.25) is 0 Å². The Labute approximate surface area is 196 Å². The summed E-state index contributed by atoms with van der Waals surface area (Å²) in [6.45, 7) is 4.39. The maximum atomic E-state index is 14.4. The smallest absolute Gasteiger partial charge is 0.410 e. The number of amides is 1. The van der Waals surface area contributed by atoms with Crippen LogP contribution in [-0.4, -0.2) is 41.6 Å². The summed E-state index contributed by atoms with van der Waals surface area (Å²) >= 11 is 5.96. The Morgan fingerprint density at radius 3 is 2.33 bits per heavy atom. The van der Waals surface area contributed by atoms with Crippen molar-refractivity contribution in [3.8, 4) is 0 Å². The molecule has 0 aliphatic carbocycles. The molecule has 33 heavy (non-hydrogen) atoms. The summed E-state index contributed by atoms with van der Waals surface area (Å²) in [7, 11) is 0. The van der Waals surface area contributed by atoms with Crippen molar-refractivity contribution in [3.05, 3.63) is 69.6 Å². The highest BCUT2D eigenvalue weighted by molar-refractivity contribution is 6.30. The van der Waals surface area contributed by atoms with Gasteiger partial charge >= 0.3 is 6.09 Å². The Morgan fingerprint density at radius 2 is 1.73 bits per heavy atom. The van der Waals surface area contributed by atoms with Crippen LogP contribution in [0.25, 0.3) is 11.5 Å². The normalized spacial score (nSPS) is 20.1. The highest BCUT2D eigenvalue weighted by atomic mass is 35.5. The number of ether oxygens (including phenoxy) is 1. The Kier molecular flexibility index (Phi) is 7.07. The quantitative estimate of drug-likeness (QED) is 0.630. The molecule has 6 nitrogen and oxygen atoms in total. The van der Waals surface area contributed by atoms with Gasteiger partial charge in [0.15, 0.2) is 0 Å². The number of hydrogen-bond acceptors (Lipinski definition) is 5. The van der Waals surface area contributed by atoms with Crippen molar-refractivity contribution in [2.24, 2.45) is 11.5 Å². The van der Waals surface area contributed by atoms with E-state index in [9.17, 15) is 13.6 Å². The fourth-order valence-electron chi connectivity index (χ4n) is 3.70. The highest BCUT2D eigenvalue weighted by Gasteiger charge is 2.43. The molecule has 1 aliphatic rings. The number of rotatable bonds is 3. The monoisotopic (exact) mass is 478 g/mol. The molecule has 178 valence electrons. The van der Waals surface area contributed by atoms with Gasteiger partial charge in [0, 0.05) is 34.1 Å². The van der Waals surface area contributed by atoms with E-state index in [1.807, 2.05) is 6.07 Å². The molecule has 1 fully saturated rings. The molecule has 1 unspecified atom stereocenters. The van der Waals surface area contributed by atoms with E-state index in [2.05, 4.69) is 5.32 Å². The second kappa shape index (κ2) is 9.47. The first-order valence-corrected chi connectivity index (χ1v) is 11.0. The van der Waals surface area contributed by atoms with E-state index in [1.165, 1.54) is 0 Å². The van der Waals surface area contributed by atoms with Gasteiger partial charge in [-0.15, -0.1) is 0 Å². The number of likely N-dealkylation sites (tertiary alicyclic amines) is 1. The third-order valence-electron chi connectivity index (χ3n) is 5.08. The number of alkyl halides is 2. The molecular weight excluding hydrogens is 450 g/mol. The Balaban J connectivity index is 1.93. The number of nitrogens with two attached hydrogens (primary N) is 2. The molecule has 0 radical (unpaired) electrons. The number of nitrogens with one attached hydrogen (secondary N) is 1. The number of nitrogens with zero attached hydrogens (tertiary/aromatic N) is 1. The maximum Gasteiger partial charge on any atom is 0.410 e. The number of carbonyl (C=O) groups excluding carboxylic acids is 1. The molecule has 0 spiro atoms. The van der Waals surface area contributed by atoms with E-state index >= 15 is 0 Å². The first kappa shape index (κ1) is 24.6. The third-order valence-corrected chi connectivity index (χ3v) is 5.33. The summed E-state index contributed by atoms with van der Waals surface area (Å²) in [5, 5.41) is 4.77. The van der Waals surface area contributed by atoms with Crippen LogP contribution < -0.4 is 27.2 Å². The summed E-state index contributed by atoms with van der Waals surface area (Å²) in [5.74, 6) is -2.89. The molecule has 1 amide bonds. The van der Waals surface area contributed by atoms with Crippen molar-refractivity contribution in [2.75, 3.05) is 13.1 Å². The average Bonchev–Trinajstić information content (AvgIpc) is 2.71. The van der Waals surface area contributed by atoms with Crippen LogP contribution in [0.2, 0.25) is 5.02 Å². The molecule has 1 heterocycles. The number of piperidine rings is 1. The van der Waals surface area contributed by atoms with Gasteiger partial charge in [0.25, 0.3) is 5.92 Å². The second-order valence-electron chi connectivity index (χ2n) is 9.14. The van der Waals surface area contributed by atoms with Crippen LogP contribution in [0.3, 0.4) is 0 Å². The van der Waals surface area contributed by atoms with Crippen molar-refractivity contribution in [1.29, 1.82) is 0 Å². The molecule has 0 bridgehead atoms. The summed E-state index contributed by atoms with van der Waals surface area (Å²) in [4.78, 5) is 13.4. The van der Waals surface area contributed by atoms with Crippen LogP contribution in [-0.2, 0) is 4.74 Å². The van der Waals surface area contributed by atoms with Crippen molar-refractivity contribution < 1.29 is 18.3 Å². The Morgan fingerprint density at radius 1 is 1.12 bits per heavy atom. The van der Waals surface area contributed by atoms with E-state index in [4.69, 9.17) is 27.8 Å². The zero-order valence-electron chi connectivity index (χ0n) is 18.9. The molecule has 3 rings (SSSR count). The van der Waals surface area contributed by atoms with Crippen molar-refractivity contribution in [1.82, 2.24) is 10.2 Å². The zero-order valence-corrected chi connectivity index (χ0v) is 19.6. The number of halogens is 3. The third kappa shape index (κ3) is 6.51. The largest absolute Gasteiger partial charge is 0.444 e. The molecule has 2 aromatic rings. The predicted molar refractivity (Wildman–Crippen MR) is 126 cm³/mol. The first-order valence-electron chi connectivity index (χ1n) is 10.6. The van der Waals surface area contributed by atoms with Crippen LogP contribution in [0.1, 0.15) is 32.8 Å². The first-order chi connectivity index (χ1) is 15.3. The van der Waals surface area contributed by atoms with E-state index in [0.29, 0.717) is 21.2 Å². The highest BCUT2D eigenvalue weighted by Crippen LogP contribution is 2.28. The van der Waals surface area contributed by atoms with Gasteiger partial charge in [-0.3, -0.25) is 0 Å². The minimum absolute atomic E-state index is 0.0315. The number of carbonyl (C=O) groups is 1. The molecule has 2 aromatic carbocycles. The van der Waals surface area contributed by atoms with E-state index < -0.39 is 36.6 Å². The van der Waals surface area contributed by atoms with Crippen molar-refractivity contribution in [3.63, 3.8) is 0 Å². The fraction of sp³-hybridized carbons (Fsp3) is 0.375. The van der Waals surface area contributed by atoms with Crippen LogP contribution in [0, 0.1) is 0 Å². The lowest BCUT2D eigenvalue weighted by Crippen LogP contribution is -2.57. The van der Waals surface area contributed by atoms with Gasteiger partial charge in [-0.25, -0.2) is 13.6 Å². The van der Waals surface area contributed by atoms with E-state index in [0.717, 1.165) is 10.5 Å². The molecule has 5 N–H and O–H groups in total. The molecule has 0 aromatic heterocycles. The van der Waals surface area contributed by atoms with E-state index in [-0.39, 0.29) is 12.4 Å². The summed E-state index contributed by atoms with van der Waals surface area (Å²) in [6, 6.07) is 13.4. The van der Waals surface area contributed by atoms with Gasteiger partial charge < -0.3 is 26.4 Å². The van der Waals surface area contributed by atoms with Gasteiger partial charge in [-0.2, -0.15) is 0 Å². The van der Waals surface area contributed by atoms with Gasteiger partial charge in [0.05, 0.1) is 12.6 Å². The lowest BCUT2D eigenvalue weighted by atomic mass is 10.0. The SMILES string of the molecule is CC(C)(C)OC(=O)N1CC(N/C(N)=c2\cccc\c2=C(\N)c2ccc(Cl)cc2)CC(F)(F)C1. The van der Waals surface area contributed by atoms with Crippen LogP contribution in [0.5, 0.6) is 0 Å². The topological polar surface area (TPSA) is 93.6 Å². The number of hydrogen-bond donors (Lipinski definition) is 3. The zero-order chi connectivity index (χ0) is 24.4. The summed E-state index contributed by atoms with van der Waals surface area (Å²) in [5.41, 5.74) is 13.1. The average molecular weight is 479 g/mol. The Hall–Kier alpha value is -3.00. The Bertz CT molecular complexity index is 1130. The summed E-state index contributed by atoms with van der Waals surface area (Å²) in [6.07, 6.45) is -1.25. The van der Waals surface area contributed by atoms with Gasteiger partial charge in [-0.05, 0) is 38.5 Å². The molecule has 1 aliphatic heterocycles. The fourth-order valence-corrected chi connectivity index (χ4v) is 3.82.